The summed E-state index contributed by atoms with van der Waals surface area (Å²) in [6.07, 6.45) is 3.22. The lowest BCUT2D eigenvalue weighted by atomic mass is 9.98. The maximum absolute atomic E-state index is 6.14. The Bertz CT molecular complexity index is 959. The maximum Gasteiger partial charge on any atom is 0.149 e. The average molecular weight is 314 g/mol. The molecular weight excluding hydrogens is 296 g/mol. The Morgan fingerprint density at radius 2 is 1.46 bits per heavy atom. The molecule has 0 fully saturated rings. The second-order valence-electron chi connectivity index (χ2n) is 5.87. The summed E-state index contributed by atoms with van der Waals surface area (Å²) in [4.78, 5) is 12.3. The molecule has 0 aliphatic carbocycles. The summed E-state index contributed by atoms with van der Waals surface area (Å²) in [5.41, 5.74) is 12.4. The first-order chi connectivity index (χ1) is 11.8. The number of nitrogens with two attached hydrogens (primary N) is 1. The fraction of sp³-hybridized carbons (Fsp3) is 0.100. The number of fused-ring (bicyclic) bond motifs is 1. The fourth-order valence-corrected chi connectivity index (χ4v) is 3.04. The van der Waals surface area contributed by atoms with Gasteiger partial charge in [-0.05, 0) is 11.1 Å². The highest BCUT2D eigenvalue weighted by molar-refractivity contribution is 5.88. The van der Waals surface area contributed by atoms with Crippen LogP contribution in [0, 0.1) is 0 Å². The predicted molar refractivity (Wildman–Crippen MR) is 96.8 cm³/mol. The third kappa shape index (κ3) is 2.74. The highest BCUT2D eigenvalue weighted by Crippen LogP contribution is 2.26. The molecule has 0 amide bonds. The van der Waals surface area contributed by atoms with Gasteiger partial charge in [0.2, 0.25) is 0 Å². The second kappa shape index (κ2) is 6.16. The number of hydrogen-bond donors (Lipinski definition) is 2. The van der Waals surface area contributed by atoms with E-state index in [9.17, 15) is 0 Å². The van der Waals surface area contributed by atoms with Crippen LogP contribution in [0.3, 0.4) is 0 Å². The Morgan fingerprint density at radius 3 is 2.12 bits per heavy atom. The summed E-state index contributed by atoms with van der Waals surface area (Å²) in [6, 6.07) is 20.7. The number of nitrogen functional groups attached to an aromatic ring is 1. The molecule has 2 heterocycles. The Hall–Kier alpha value is -3.14. The van der Waals surface area contributed by atoms with Gasteiger partial charge in [0.25, 0.3) is 0 Å². The minimum Gasteiger partial charge on any atom is -0.382 e. The average Bonchev–Trinajstić information content (AvgIpc) is 3.10. The molecule has 24 heavy (non-hydrogen) atoms. The van der Waals surface area contributed by atoms with Gasteiger partial charge in [-0.25, -0.2) is 9.97 Å². The van der Waals surface area contributed by atoms with E-state index in [1.54, 1.807) is 6.33 Å². The number of aromatic nitrogens is 3. The molecule has 0 saturated heterocycles. The molecule has 4 heteroatoms. The largest absolute Gasteiger partial charge is 0.382 e. The van der Waals surface area contributed by atoms with Crippen LogP contribution in [0.25, 0.3) is 11.0 Å². The lowest BCUT2D eigenvalue weighted by molar-refractivity contribution is 1.02. The zero-order chi connectivity index (χ0) is 16.4. The van der Waals surface area contributed by atoms with Crippen LogP contribution >= 0.6 is 0 Å². The Balaban J connectivity index is 1.83. The highest BCUT2D eigenvalue weighted by Gasteiger charge is 2.15. The summed E-state index contributed by atoms with van der Waals surface area (Å²) in [5.74, 6) is 0.505. The molecule has 4 nitrogen and oxygen atoms in total. The summed E-state index contributed by atoms with van der Waals surface area (Å²) >= 11 is 0. The van der Waals surface area contributed by atoms with Crippen molar-refractivity contribution < 1.29 is 0 Å². The lowest BCUT2D eigenvalue weighted by Gasteiger charge is -2.12. The number of pyridine rings is 1. The van der Waals surface area contributed by atoms with Gasteiger partial charge in [0.1, 0.15) is 11.3 Å². The molecule has 2 aromatic heterocycles. The smallest absolute Gasteiger partial charge is 0.149 e. The van der Waals surface area contributed by atoms with Gasteiger partial charge in [0.05, 0.1) is 17.5 Å². The maximum atomic E-state index is 6.14. The molecule has 3 N–H and O–H groups in total. The summed E-state index contributed by atoms with van der Waals surface area (Å²) in [6.45, 7) is 0. The van der Waals surface area contributed by atoms with Crippen molar-refractivity contribution in [2.75, 3.05) is 5.73 Å². The normalized spacial score (nSPS) is 11.0. The van der Waals surface area contributed by atoms with Crippen molar-refractivity contribution in [2.45, 2.75) is 12.8 Å². The van der Waals surface area contributed by atoms with Crippen LogP contribution in [-0.4, -0.2) is 15.0 Å². The van der Waals surface area contributed by atoms with Crippen LogP contribution in [0.1, 0.15) is 22.4 Å². The fourth-order valence-electron chi connectivity index (χ4n) is 3.04. The van der Waals surface area contributed by atoms with Crippen LogP contribution in [-0.2, 0) is 12.8 Å². The van der Waals surface area contributed by atoms with Gasteiger partial charge >= 0.3 is 0 Å². The van der Waals surface area contributed by atoms with Crippen molar-refractivity contribution in [1.29, 1.82) is 0 Å². The third-order valence-corrected chi connectivity index (χ3v) is 4.22. The molecule has 2 aromatic carbocycles. The topological polar surface area (TPSA) is 67.6 Å². The summed E-state index contributed by atoms with van der Waals surface area (Å²) in [7, 11) is 0. The molecule has 4 rings (SSSR count). The second-order valence-corrected chi connectivity index (χ2v) is 5.87. The molecular formula is C20H18N4. The Kier molecular flexibility index (Phi) is 3.71. The number of imidazole rings is 1. The number of nitrogens with zero attached hydrogens (tertiary/aromatic N) is 2. The quantitative estimate of drug-likeness (QED) is 0.603. The van der Waals surface area contributed by atoms with E-state index in [-0.39, 0.29) is 0 Å². The SMILES string of the molecule is Nc1nc(Cc2ccccc2)c(Cc2ccccc2)c2nc[nH]c12. The molecule has 4 aromatic rings. The van der Waals surface area contributed by atoms with Crippen LogP contribution in [0.15, 0.2) is 67.0 Å². The summed E-state index contributed by atoms with van der Waals surface area (Å²) < 4.78 is 0. The van der Waals surface area contributed by atoms with Crippen LogP contribution in [0.2, 0.25) is 0 Å². The molecule has 0 saturated carbocycles. The van der Waals surface area contributed by atoms with Gasteiger partial charge in [0, 0.05) is 18.4 Å². The number of nitrogens with one attached hydrogen (secondary N) is 1. The van der Waals surface area contributed by atoms with E-state index in [4.69, 9.17) is 5.73 Å². The van der Waals surface area contributed by atoms with Crippen molar-refractivity contribution >= 4 is 16.9 Å². The standard InChI is InChI=1S/C20H18N4/c21-20-19-18(22-13-23-19)16(11-14-7-3-1-4-8-14)17(24-20)12-15-9-5-2-6-10-15/h1-10,13H,11-12H2,(H2,21,24)(H,22,23). The molecule has 118 valence electrons. The highest BCUT2D eigenvalue weighted by atomic mass is 14.9. The summed E-state index contributed by atoms with van der Waals surface area (Å²) in [5, 5.41) is 0. The Labute approximate surface area is 140 Å². The van der Waals surface area contributed by atoms with Gasteiger partial charge in [0.15, 0.2) is 0 Å². The molecule has 0 unspecified atom stereocenters. The van der Waals surface area contributed by atoms with Gasteiger partial charge < -0.3 is 10.7 Å². The number of aromatic amines is 1. The molecule has 0 radical (unpaired) electrons. The van der Waals surface area contributed by atoms with Crippen LogP contribution < -0.4 is 5.73 Å². The lowest BCUT2D eigenvalue weighted by Crippen LogP contribution is -2.05. The van der Waals surface area contributed by atoms with Crippen LogP contribution in [0.4, 0.5) is 5.82 Å². The zero-order valence-electron chi connectivity index (χ0n) is 13.2. The molecule has 0 bridgehead atoms. The van der Waals surface area contributed by atoms with Crippen molar-refractivity contribution in [2.24, 2.45) is 0 Å². The van der Waals surface area contributed by atoms with Gasteiger partial charge in [-0.2, -0.15) is 0 Å². The van der Waals surface area contributed by atoms with E-state index in [2.05, 4.69) is 51.4 Å². The van der Waals surface area contributed by atoms with E-state index in [1.807, 2.05) is 24.3 Å². The molecule has 0 spiro atoms. The zero-order valence-corrected chi connectivity index (χ0v) is 13.2. The molecule has 0 aliphatic heterocycles. The number of hydrogen-bond acceptors (Lipinski definition) is 3. The first-order valence-corrected chi connectivity index (χ1v) is 7.99. The Morgan fingerprint density at radius 1 is 0.833 bits per heavy atom. The van der Waals surface area contributed by atoms with Gasteiger partial charge in [-0.1, -0.05) is 60.7 Å². The van der Waals surface area contributed by atoms with Gasteiger partial charge in [-0.3, -0.25) is 0 Å². The van der Waals surface area contributed by atoms with E-state index in [0.717, 1.165) is 35.1 Å². The number of anilines is 1. The number of H-pyrrole nitrogens is 1. The van der Waals surface area contributed by atoms with Crippen molar-refractivity contribution in [3.8, 4) is 0 Å². The van der Waals surface area contributed by atoms with Crippen molar-refractivity contribution in [1.82, 2.24) is 15.0 Å². The van der Waals surface area contributed by atoms with E-state index in [1.165, 1.54) is 11.1 Å². The third-order valence-electron chi connectivity index (χ3n) is 4.22. The molecule has 0 atom stereocenters. The number of benzene rings is 2. The van der Waals surface area contributed by atoms with Gasteiger partial charge in [-0.15, -0.1) is 0 Å². The molecule has 0 aliphatic rings. The van der Waals surface area contributed by atoms with Crippen LogP contribution in [0.5, 0.6) is 0 Å². The van der Waals surface area contributed by atoms with E-state index in [0.29, 0.717) is 5.82 Å². The van der Waals surface area contributed by atoms with Crippen molar-refractivity contribution in [3.05, 3.63) is 89.4 Å². The minimum atomic E-state index is 0.505. The first kappa shape index (κ1) is 14.5. The van der Waals surface area contributed by atoms with E-state index < -0.39 is 0 Å². The van der Waals surface area contributed by atoms with E-state index >= 15 is 0 Å². The minimum absolute atomic E-state index is 0.505. The predicted octanol–water partition coefficient (Wildman–Crippen LogP) is 3.72. The number of rotatable bonds is 4. The monoisotopic (exact) mass is 314 g/mol. The van der Waals surface area contributed by atoms with Crippen molar-refractivity contribution in [3.63, 3.8) is 0 Å². The first-order valence-electron chi connectivity index (χ1n) is 7.99.